The first-order valence-electron chi connectivity index (χ1n) is 11.4. The van der Waals surface area contributed by atoms with Crippen molar-refractivity contribution < 1.29 is 24.1 Å². The third-order valence-electron chi connectivity index (χ3n) is 7.43. The Morgan fingerprint density at radius 3 is 2.26 bits per heavy atom. The fourth-order valence-corrected chi connectivity index (χ4v) is 5.65. The van der Waals surface area contributed by atoms with Gasteiger partial charge < -0.3 is 14.5 Å². The van der Waals surface area contributed by atoms with Crippen molar-refractivity contribution in [3.05, 3.63) is 59.7 Å². The van der Waals surface area contributed by atoms with Gasteiger partial charge in [-0.3, -0.25) is 9.59 Å². The lowest BCUT2D eigenvalue weighted by atomic mass is 9.87. The van der Waals surface area contributed by atoms with Gasteiger partial charge in [0.2, 0.25) is 5.91 Å². The number of imide groups is 1. The predicted molar refractivity (Wildman–Crippen MR) is 118 cm³/mol. The molecule has 2 atom stereocenters. The predicted octanol–water partition coefficient (Wildman–Crippen LogP) is -0.332. The molecule has 2 heterocycles. The molecule has 6 heteroatoms. The fraction of sp³-hybridized carbons (Fsp3) is 0.440. The highest BCUT2D eigenvalue weighted by Crippen LogP contribution is 2.24. The molecule has 0 bridgehead atoms. The molecule has 2 fully saturated rings. The van der Waals surface area contributed by atoms with Crippen LogP contribution in [0.15, 0.2) is 48.5 Å². The van der Waals surface area contributed by atoms with Crippen molar-refractivity contribution in [1.82, 2.24) is 0 Å². The van der Waals surface area contributed by atoms with Gasteiger partial charge in [-0.1, -0.05) is 24.3 Å². The van der Waals surface area contributed by atoms with E-state index in [1.54, 1.807) is 36.3 Å². The van der Waals surface area contributed by atoms with Crippen LogP contribution >= 0.6 is 0 Å². The molecule has 2 N–H and O–H groups in total. The zero-order chi connectivity index (χ0) is 21.4. The highest BCUT2D eigenvalue weighted by atomic mass is 16.5. The van der Waals surface area contributed by atoms with E-state index in [1.807, 2.05) is 0 Å². The van der Waals surface area contributed by atoms with Gasteiger partial charge in [-0.2, -0.15) is 0 Å². The molecule has 1 aliphatic carbocycles. The summed E-state index contributed by atoms with van der Waals surface area (Å²) in [6.45, 7) is 4.05. The number of benzene rings is 2. The van der Waals surface area contributed by atoms with Crippen LogP contribution in [0.4, 0.5) is 5.69 Å². The summed E-state index contributed by atoms with van der Waals surface area (Å²) in [5.74, 6) is 0.570. The summed E-state index contributed by atoms with van der Waals surface area (Å²) in [7, 11) is 1.61. The number of anilines is 1. The first kappa shape index (κ1) is 20.2. The van der Waals surface area contributed by atoms with Crippen molar-refractivity contribution >= 4 is 17.5 Å². The lowest BCUT2D eigenvalue weighted by molar-refractivity contribution is -1.03. The van der Waals surface area contributed by atoms with Crippen LogP contribution in [0.25, 0.3) is 0 Å². The maximum atomic E-state index is 13.1. The second kappa shape index (κ2) is 8.44. The van der Waals surface area contributed by atoms with Crippen LogP contribution in [-0.4, -0.2) is 57.2 Å². The standard InChI is InChI=1S/C25H29N3O3/c1-31-22-10-8-20(9-11-22)28-24(29)17-23(25(28)30)27-14-12-26(13-15-27)21-7-6-18-4-2-3-5-19(18)16-21/h2-5,8-11,21,23H,6-7,12-17H2,1H3/p+2/t21-,23-/m0/s1. The first-order chi connectivity index (χ1) is 15.1. The van der Waals surface area contributed by atoms with Gasteiger partial charge in [0, 0.05) is 12.8 Å². The molecule has 31 heavy (non-hydrogen) atoms. The number of aryl methyl sites for hydroxylation is 1. The molecule has 0 aromatic heterocycles. The molecule has 2 saturated heterocycles. The number of methoxy groups -OCH3 is 1. The second-order valence-corrected chi connectivity index (χ2v) is 9.05. The van der Waals surface area contributed by atoms with E-state index in [0.717, 1.165) is 38.3 Å². The van der Waals surface area contributed by atoms with E-state index in [-0.39, 0.29) is 17.9 Å². The Kier molecular flexibility index (Phi) is 5.50. The number of piperazine rings is 1. The van der Waals surface area contributed by atoms with Gasteiger partial charge in [0.15, 0.2) is 6.04 Å². The van der Waals surface area contributed by atoms with Gasteiger partial charge in [-0.15, -0.1) is 0 Å². The Balaban J connectivity index is 1.21. The number of amides is 2. The molecule has 0 unspecified atom stereocenters. The van der Waals surface area contributed by atoms with E-state index in [1.165, 1.54) is 33.8 Å². The monoisotopic (exact) mass is 421 g/mol. The quantitative estimate of drug-likeness (QED) is 0.665. The summed E-state index contributed by atoms with van der Waals surface area (Å²) in [6.07, 6.45) is 3.89. The molecule has 6 nitrogen and oxygen atoms in total. The maximum Gasteiger partial charge on any atom is 0.292 e. The molecule has 2 aromatic carbocycles. The maximum absolute atomic E-state index is 13.1. The van der Waals surface area contributed by atoms with E-state index < -0.39 is 0 Å². The van der Waals surface area contributed by atoms with Gasteiger partial charge in [0.05, 0.1) is 25.3 Å². The second-order valence-electron chi connectivity index (χ2n) is 9.05. The number of ether oxygens (including phenoxy) is 1. The van der Waals surface area contributed by atoms with Crippen molar-refractivity contribution in [3.63, 3.8) is 0 Å². The molecule has 3 aliphatic rings. The van der Waals surface area contributed by atoms with Crippen LogP contribution in [0.5, 0.6) is 5.75 Å². The molecular weight excluding hydrogens is 390 g/mol. The average molecular weight is 422 g/mol. The lowest BCUT2D eigenvalue weighted by Crippen LogP contribution is -3.31. The summed E-state index contributed by atoms with van der Waals surface area (Å²) >= 11 is 0. The number of quaternary nitrogens is 2. The summed E-state index contributed by atoms with van der Waals surface area (Å²) < 4.78 is 5.19. The zero-order valence-electron chi connectivity index (χ0n) is 18.1. The number of hydrogen-bond acceptors (Lipinski definition) is 3. The van der Waals surface area contributed by atoms with Crippen LogP contribution in [0.3, 0.4) is 0 Å². The van der Waals surface area contributed by atoms with Crippen LogP contribution < -0.4 is 19.4 Å². The summed E-state index contributed by atoms with van der Waals surface area (Å²) in [5.41, 5.74) is 3.66. The Morgan fingerprint density at radius 2 is 1.55 bits per heavy atom. The molecule has 2 aromatic rings. The fourth-order valence-electron chi connectivity index (χ4n) is 5.65. The summed E-state index contributed by atoms with van der Waals surface area (Å²) in [6, 6.07) is 16.4. The third-order valence-corrected chi connectivity index (χ3v) is 7.43. The van der Waals surface area contributed by atoms with Crippen molar-refractivity contribution in [1.29, 1.82) is 0 Å². The topological polar surface area (TPSA) is 55.5 Å². The van der Waals surface area contributed by atoms with Gasteiger partial charge in [-0.05, 0) is 41.8 Å². The Morgan fingerprint density at radius 1 is 0.871 bits per heavy atom. The minimum Gasteiger partial charge on any atom is -0.497 e. The number of nitrogens with one attached hydrogen (secondary N) is 2. The molecule has 162 valence electrons. The van der Waals surface area contributed by atoms with Crippen LogP contribution in [0, 0.1) is 0 Å². The van der Waals surface area contributed by atoms with E-state index >= 15 is 0 Å². The Labute approximate surface area is 183 Å². The lowest BCUT2D eigenvalue weighted by Gasteiger charge is -2.37. The number of rotatable bonds is 4. The number of carbonyl (C=O) groups is 2. The first-order valence-corrected chi connectivity index (χ1v) is 11.4. The van der Waals surface area contributed by atoms with Crippen LogP contribution in [-0.2, 0) is 22.4 Å². The van der Waals surface area contributed by atoms with Crippen LogP contribution in [0.2, 0.25) is 0 Å². The number of hydrogen-bond donors (Lipinski definition) is 2. The Hall–Kier alpha value is -2.70. The smallest absolute Gasteiger partial charge is 0.292 e. The number of nitrogens with zero attached hydrogens (tertiary/aromatic N) is 1. The van der Waals surface area contributed by atoms with Crippen molar-refractivity contribution in [2.45, 2.75) is 37.8 Å². The number of fused-ring (bicyclic) bond motifs is 1. The molecule has 0 radical (unpaired) electrons. The Bertz CT molecular complexity index is 966. The van der Waals surface area contributed by atoms with Gasteiger partial charge >= 0.3 is 0 Å². The molecule has 0 saturated carbocycles. The van der Waals surface area contributed by atoms with Gasteiger partial charge in [0.25, 0.3) is 5.91 Å². The largest absolute Gasteiger partial charge is 0.497 e. The highest BCUT2D eigenvalue weighted by molar-refractivity contribution is 6.21. The molecule has 2 aliphatic heterocycles. The van der Waals surface area contributed by atoms with Gasteiger partial charge in [0.1, 0.15) is 31.9 Å². The molecule has 2 amide bonds. The highest BCUT2D eigenvalue weighted by Gasteiger charge is 2.47. The SMILES string of the molecule is COc1ccc(N2C(=O)C[C@H]([NH+]3CC[NH+]([C@H]4CCc5ccccc5C4)CC3)C2=O)cc1. The number of carbonyl (C=O) groups excluding carboxylic acids is 2. The third kappa shape index (κ3) is 3.86. The molecule has 5 rings (SSSR count). The summed E-state index contributed by atoms with van der Waals surface area (Å²) in [5, 5.41) is 0. The average Bonchev–Trinajstić information content (AvgIpc) is 3.12. The molecular formula is C25H31N3O3+2. The van der Waals surface area contributed by atoms with E-state index in [2.05, 4.69) is 24.3 Å². The summed E-state index contributed by atoms with van der Waals surface area (Å²) in [4.78, 5) is 30.1. The van der Waals surface area contributed by atoms with Gasteiger partial charge in [-0.25, -0.2) is 4.90 Å². The normalized spacial score (nSPS) is 28.5. The van der Waals surface area contributed by atoms with Crippen molar-refractivity contribution in [3.8, 4) is 5.75 Å². The van der Waals surface area contributed by atoms with E-state index in [4.69, 9.17) is 4.74 Å². The molecule has 0 spiro atoms. The minimum absolute atomic E-state index is 0.0554. The van der Waals surface area contributed by atoms with Crippen LogP contribution in [0.1, 0.15) is 24.0 Å². The van der Waals surface area contributed by atoms with E-state index in [9.17, 15) is 9.59 Å². The van der Waals surface area contributed by atoms with Crippen molar-refractivity contribution in [2.24, 2.45) is 0 Å². The minimum atomic E-state index is -0.247. The zero-order valence-corrected chi connectivity index (χ0v) is 18.1. The van der Waals surface area contributed by atoms with Crippen molar-refractivity contribution in [2.75, 3.05) is 38.2 Å². The van der Waals surface area contributed by atoms with E-state index in [0.29, 0.717) is 18.2 Å².